The molecule has 1 aliphatic heterocycles. The Morgan fingerprint density at radius 2 is 1.56 bits per heavy atom. The summed E-state index contributed by atoms with van der Waals surface area (Å²) in [5.41, 5.74) is 1.81. The predicted molar refractivity (Wildman–Crippen MR) is 157 cm³/mol. The van der Waals surface area contributed by atoms with Crippen molar-refractivity contribution in [3.05, 3.63) is 99.3 Å². The number of amides is 1. The van der Waals surface area contributed by atoms with Gasteiger partial charge in [0.1, 0.15) is 11.9 Å². The molecule has 1 fully saturated rings. The lowest BCUT2D eigenvalue weighted by molar-refractivity contribution is -0.144. The third-order valence-corrected chi connectivity index (χ3v) is 8.43. The fourth-order valence-corrected chi connectivity index (χ4v) is 6.28. The van der Waals surface area contributed by atoms with Gasteiger partial charge in [-0.25, -0.2) is 17.6 Å². The number of likely N-dealkylation sites (tertiary alicyclic amines) is 1. The Kier molecular flexibility index (Phi) is 9.59. The largest absolute Gasteiger partial charge is 0.464 e. The number of ether oxygens (including phenoxy) is 1. The second kappa shape index (κ2) is 12.8. The van der Waals surface area contributed by atoms with E-state index in [-0.39, 0.29) is 23.9 Å². The molecule has 1 heterocycles. The van der Waals surface area contributed by atoms with Crippen molar-refractivity contribution in [3.63, 3.8) is 0 Å². The van der Waals surface area contributed by atoms with Gasteiger partial charge in [0.05, 0.1) is 30.6 Å². The zero-order valence-electron chi connectivity index (χ0n) is 22.7. The standard InChI is InChI=1S/C29H30Cl2FN3O5S/c1-4-40-29(37)18(2)33-28(36)21-13-24(32)15-25(14-21)35(41(3,38)39)26-16-34(17-26)27(19-5-9-22(30)10-6-19)20-7-11-23(31)12-8-20/h5-15,18,26-27H,4,16-17H2,1-3H3,(H,33,36)/t18-/m0/s1. The number of nitrogens with zero attached hydrogens (tertiary/aromatic N) is 2. The van der Waals surface area contributed by atoms with E-state index in [1.807, 2.05) is 24.3 Å². The average molecular weight is 623 g/mol. The summed E-state index contributed by atoms with van der Waals surface area (Å²) >= 11 is 12.2. The number of hydrogen-bond donors (Lipinski definition) is 1. The number of nitrogens with one attached hydrogen (secondary N) is 1. The van der Waals surface area contributed by atoms with Gasteiger partial charge in [0.25, 0.3) is 5.91 Å². The van der Waals surface area contributed by atoms with Crippen LogP contribution in [0.5, 0.6) is 0 Å². The van der Waals surface area contributed by atoms with Gasteiger partial charge in [-0.05, 0) is 67.4 Å². The molecule has 1 N–H and O–H groups in total. The average Bonchev–Trinajstić information content (AvgIpc) is 2.88. The molecule has 0 aromatic heterocycles. The van der Waals surface area contributed by atoms with Gasteiger partial charge in [-0.3, -0.25) is 14.0 Å². The molecule has 1 aliphatic rings. The molecule has 0 radical (unpaired) electrons. The van der Waals surface area contributed by atoms with E-state index >= 15 is 0 Å². The van der Waals surface area contributed by atoms with E-state index in [0.29, 0.717) is 23.1 Å². The van der Waals surface area contributed by atoms with Crippen molar-refractivity contribution in [1.29, 1.82) is 0 Å². The van der Waals surface area contributed by atoms with Crippen molar-refractivity contribution in [1.82, 2.24) is 10.2 Å². The summed E-state index contributed by atoms with van der Waals surface area (Å²) in [5.74, 6) is -2.16. The van der Waals surface area contributed by atoms with Crippen LogP contribution in [0.2, 0.25) is 10.0 Å². The summed E-state index contributed by atoms with van der Waals surface area (Å²) in [5, 5.41) is 3.65. The van der Waals surface area contributed by atoms with Crippen LogP contribution in [0.25, 0.3) is 0 Å². The maximum Gasteiger partial charge on any atom is 0.328 e. The molecule has 1 atom stereocenters. The molecule has 0 unspecified atom stereocenters. The first kappa shape index (κ1) is 30.8. The Hall–Kier alpha value is -3.18. The fourth-order valence-electron chi connectivity index (χ4n) is 4.86. The van der Waals surface area contributed by atoms with Gasteiger partial charge < -0.3 is 10.1 Å². The van der Waals surface area contributed by atoms with Gasteiger partial charge in [0, 0.05) is 28.7 Å². The number of benzene rings is 3. The molecule has 3 aromatic rings. The summed E-state index contributed by atoms with van der Waals surface area (Å²) in [6.07, 6.45) is 1.04. The third-order valence-electron chi connectivity index (χ3n) is 6.70. The molecule has 8 nitrogen and oxygen atoms in total. The number of halogens is 3. The summed E-state index contributed by atoms with van der Waals surface area (Å²) < 4.78 is 46.7. The highest BCUT2D eigenvalue weighted by Gasteiger charge is 2.41. The Bertz CT molecular complexity index is 1470. The first-order valence-electron chi connectivity index (χ1n) is 12.9. The maximum absolute atomic E-state index is 14.7. The van der Waals surface area contributed by atoms with Gasteiger partial charge in [-0.15, -0.1) is 0 Å². The number of hydrogen-bond acceptors (Lipinski definition) is 6. The Morgan fingerprint density at radius 1 is 1.02 bits per heavy atom. The van der Waals surface area contributed by atoms with E-state index in [0.717, 1.165) is 33.8 Å². The summed E-state index contributed by atoms with van der Waals surface area (Å²) in [6, 6.07) is 16.5. The van der Waals surface area contributed by atoms with Crippen LogP contribution in [0, 0.1) is 5.82 Å². The van der Waals surface area contributed by atoms with Crippen LogP contribution in [0.3, 0.4) is 0 Å². The zero-order chi connectivity index (χ0) is 29.9. The SMILES string of the molecule is CCOC(=O)[C@H](C)NC(=O)c1cc(F)cc(N(C2CN(C(c3ccc(Cl)cc3)c3ccc(Cl)cc3)C2)S(C)(=O)=O)c1. The predicted octanol–water partition coefficient (Wildman–Crippen LogP) is 5.05. The summed E-state index contributed by atoms with van der Waals surface area (Å²) in [6.45, 7) is 3.89. The van der Waals surface area contributed by atoms with E-state index in [2.05, 4.69) is 10.2 Å². The van der Waals surface area contributed by atoms with Gasteiger partial charge in [-0.1, -0.05) is 47.5 Å². The van der Waals surface area contributed by atoms with Crippen LogP contribution in [0.1, 0.15) is 41.4 Å². The van der Waals surface area contributed by atoms with Gasteiger partial charge in [0.15, 0.2) is 0 Å². The second-order valence-electron chi connectivity index (χ2n) is 9.82. The summed E-state index contributed by atoms with van der Waals surface area (Å²) in [4.78, 5) is 26.8. The second-order valence-corrected chi connectivity index (χ2v) is 12.5. The minimum absolute atomic E-state index is 0.0145. The number of anilines is 1. The lowest BCUT2D eigenvalue weighted by Gasteiger charge is -2.48. The molecule has 1 saturated heterocycles. The molecular weight excluding hydrogens is 592 g/mol. The minimum Gasteiger partial charge on any atom is -0.464 e. The quantitative estimate of drug-likeness (QED) is 0.318. The Morgan fingerprint density at radius 3 is 2.05 bits per heavy atom. The molecule has 41 heavy (non-hydrogen) atoms. The smallest absolute Gasteiger partial charge is 0.328 e. The zero-order valence-corrected chi connectivity index (χ0v) is 25.0. The van der Waals surface area contributed by atoms with E-state index in [1.165, 1.54) is 13.0 Å². The molecular formula is C29H30Cl2FN3O5S. The highest BCUT2D eigenvalue weighted by Crippen LogP contribution is 2.37. The van der Waals surface area contributed by atoms with Crippen molar-refractivity contribution < 1.29 is 27.1 Å². The first-order chi connectivity index (χ1) is 19.4. The number of esters is 1. The van der Waals surface area contributed by atoms with E-state index in [9.17, 15) is 22.4 Å². The van der Waals surface area contributed by atoms with Crippen molar-refractivity contribution in [2.45, 2.75) is 32.0 Å². The number of sulfonamides is 1. The van der Waals surface area contributed by atoms with Crippen molar-refractivity contribution in [2.24, 2.45) is 0 Å². The lowest BCUT2D eigenvalue weighted by atomic mass is 9.93. The van der Waals surface area contributed by atoms with Crippen LogP contribution >= 0.6 is 23.2 Å². The van der Waals surface area contributed by atoms with Crippen LogP contribution in [0.4, 0.5) is 10.1 Å². The molecule has 4 rings (SSSR count). The normalized spacial score (nSPS) is 14.8. The van der Waals surface area contributed by atoms with Crippen molar-refractivity contribution in [2.75, 3.05) is 30.3 Å². The Labute approximate surface area is 249 Å². The highest BCUT2D eigenvalue weighted by atomic mass is 35.5. The van der Waals surface area contributed by atoms with E-state index in [1.54, 1.807) is 31.2 Å². The minimum atomic E-state index is -3.87. The lowest BCUT2D eigenvalue weighted by Crippen LogP contribution is -2.61. The number of carbonyl (C=O) groups is 2. The first-order valence-corrected chi connectivity index (χ1v) is 15.5. The van der Waals surface area contributed by atoms with Gasteiger partial charge >= 0.3 is 5.97 Å². The van der Waals surface area contributed by atoms with Crippen molar-refractivity contribution >= 4 is 50.8 Å². The van der Waals surface area contributed by atoms with Crippen LogP contribution in [-0.2, 0) is 19.6 Å². The molecule has 1 amide bonds. The van der Waals surface area contributed by atoms with Crippen molar-refractivity contribution in [3.8, 4) is 0 Å². The number of carbonyl (C=O) groups excluding carboxylic acids is 2. The fraction of sp³-hybridized carbons (Fsp3) is 0.310. The summed E-state index contributed by atoms with van der Waals surface area (Å²) in [7, 11) is -3.87. The highest BCUT2D eigenvalue weighted by molar-refractivity contribution is 7.92. The molecule has 3 aromatic carbocycles. The van der Waals surface area contributed by atoms with Crippen LogP contribution in [-0.4, -0.2) is 63.2 Å². The molecule has 0 aliphatic carbocycles. The van der Waals surface area contributed by atoms with E-state index in [4.69, 9.17) is 27.9 Å². The third kappa shape index (κ3) is 7.37. The Balaban J connectivity index is 1.60. The van der Waals surface area contributed by atoms with Gasteiger partial charge in [-0.2, -0.15) is 0 Å². The molecule has 0 saturated carbocycles. The van der Waals surface area contributed by atoms with Crippen LogP contribution < -0.4 is 9.62 Å². The maximum atomic E-state index is 14.7. The van der Waals surface area contributed by atoms with Crippen LogP contribution in [0.15, 0.2) is 66.7 Å². The topological polar surface area (TPSA) is 96.0 Å². The molecule has 218 valence electrons. The van der Waals surface area contributed by atoms with Gasteiger partial charge in [0.2, 0.25) is 10.0 Å². The monoisotopic (exact) mass is 621 g/mol. The molecule has 12 heteroatoms. The van der Waals surface area contributed by atoms with E-state index < -0.39 is 39.8 Å². The molecule has 0 bridgehead atoms. The number of rotatable bonds is 10. The molecule has 0 spiro atoms.